The number of aryl methyl sites for hydroxylation is 2. The number of aromatic nitrogens is 3. The Morgan fingerprint density at radius 3 is 2.67 bits per heavy atom. The summed E-state index contributed by atoms with van der Waals surface area (Å²) in [6, 6.07) is 18.1. The third-order valence-corrected chi connectivity index (χ3v) is 7.03. The highest BCUT2D eigenvalue weighted by Crippen LogP contribution is 2.28. The Balaban J connectivity index is 1.40. The summed E-state index contributed by atoms with van der Waals surface area (Å²) in [5, 5.41) is 14.5. The number of hydrogen-bond donors (Lipinski definition) is 1. The summed E-state index contributed by atoms with van der Waals surface area (Å²) in [5.74, 6) is 1.68. The second-order valence-corrected chi connectivity index (χ2v) is 9.46. The lowest BCUT2D eigenvalue weighted by molar-refractivity contribution is -0.113. The van der Waals surface area contributed by atoms with Crippen molar-refractivity contribution in [3.8, 4) is 5.75 Å². The normalized spacial score (nSPS) is 11.0. The topological polar surface area (TPSA) is 69.0 Å². The molecule has 4 rings (SSSR count). The first-order valence-corrected chi connectivity index (χ1v) is 12.5. The molecule has 170 valence electrons. The van der Waals surface area contributed by atoms with E-state index in [9.17, 15) is 4.79 Å². The summed E-state index contributed by atoms with van der Waals surface area (Å²) >= 11 is 4.89. The number of amides is 1. The zero-order valence-electron chi connectivity index (χ0n) is 18.8. The van der Waals surface area contributed by atoms with Crippen molar-refractivity contribution < 1.29 is 9.53 Å². The molecule has 8 heteroatoms. The van der Waals surface area contributed by atoms with Gasteiger partial charge in [0, 0.05) is 16.4 Å². The van der Waals surface area contributed by atoms with Crippen LogP contribution in [0, 0.1) is 13.8 Å². The van der Waals surface area contributed by atoms with Gasteiger partial charge in [-0.15, -0.1) is 10.2 Å². The minimum absolute atomic E-state index is 0.0943. The Bertz CT molecular complexity index is 1300. The van der Waals surface area contributed by atoms with E-state index in [4.69, 9.17) is 4.74 Å². The van der Waals surface area contributed by atoms with Crippen LogP contribution in [0.15, 0.2) is 64.2 Å². The van der Waals surface area contributed by atoms with Gasteiger partial charge in [0.05, 0.1) is 11.4 Å². The molecule has 4 aromatic rings. The highest BCUT2D eigenvalue weighted by Gasteiger charge is 2.15. The lowest BCUT2D eigenvalue weighted by Gasteiger charge is -2.11. The van der Waals surface area contributed by atoms with E-state index >= 15 is 0 Å². The maximum absolute atomic E-state index is 12.5. The predicted molar refractivity (Wildman–Crippen MR) is 137 cm³/mol. The van der Waals surface area contributed by atoms with Crippen LogP contribution in [0.4, 0.5) is 5.69 Å². The van der Waals surface area contributed by atoms with Gasteiger partial charge >= 0.3 is 0 Å². The van der Waals surface area contributed by atoms with Crippen LogP contribution in [0.25, 0.3) is 10.8 Å². The number of hydrogen-bond acceptors (Lipinski definition) is 5. The van der Waals surface area contributed by atoms with Crippen molar-refractivity contribution in [2.45, 2.75) is 39.1 Å². The minimum atomic E-state index is -0.0943. The smallest absolute Gasteiger partial charge is 0.234 e. The third kappa shape index (κ3) is 5.39. The molecule has 1 heterocycles. The zero-order valence-corrected chi connectivity index (χ0v) is 21.2. The van der Waals surface area contributed by atoms with Crippen LogP contribution in [0.3, 0.4) is 0 Å². The van der Waals surface area contributed by atoms with Crippen LogP contribution in [0.1, 0.15) is 23.9 Å². The SMILES string of the molecule is CCn1c(COc2cccc3ccccc23)nnc1SCC(=O)Nc1cc(C)c(C)cc1Br. The third-order valence-electron chi connectivity index (χ3n) is 5.41. The van der Waals surface area contributed by atoms with Gasteiger partial charge in [-0.2, -0.15) is 0 Å². The van der Waals surface area contributed by atoms with Crippen LogP contribution < -0.4 is 10.1 Å². The fourth-order valence-electron chi connectivity index (χ4n) is 3.51. The number of fused-ring (bicyclic) bond motifs is 1. The molecule has 0 aliphatic heterocycles. The van der Waals surface area contributed by atoms with Crippen LogP contribution in [-0.4, -0.2) is 26.4 Å². The Kier molecular flexibility index (Phi) is 7.35. The predicted octanol–water partition coefficient (Wildman–Crippen LogP) is 6.14. The van der Waals surface area contributed by atoms with Crippen LogP contribution in [0.2, 0.25) is 0 Å². The largest absolute Gasteiger partial charge is 0.485 e. The van der Waals surface area contributed by atoms with Crippen molar-refractivity contribution in [2.75, 3.05) is 11.1 Å². The molecule has 0 radical (unpaired) electrons. The van der Waals surface area contributed by atoms with Crippen molar-refractivity contribution >= 4 is 50.1 Å². The van der Waals surface area contributed by atoms with Gasteiger partial charge < -0.3 is 14.6 Å². The van der Waals surface area contributed by atoms with Crippen LogP contribution >= 0.6 is 27.7 Å². The van der Waals surface area contributed by atoms with E-state index in [1.807, 2.05) is 67.8 Å². The molecule has 3 aromatic carbocycles. The van der Waals surface area contributed by atoms with Crippen molar-refractivity contribution in [2.24, 2.45) is 0 Å². The van der Waals surface area contributed by atoms with Crippen LogP contribution in [0.5, 0.6) is 5.75 Å². The first-order valence-electron chi connectivity index (χ1n) is 10.7. The van der Waals surface area contributed by atoms with E-state index in [0.29, 0.717) is 18.3 Å². The van der Waals surface area contributed by atoms with Gasteiger partial charge in [0.25, 0.3) is 0 Å². The van der Waals surface area contributed by atoms with Gasteiger partial charge in [-0.3, -0.25) is 4.79 Å². The summed E-state index contributed by atoms with van der Waals surface area (Å²) in [6.07, 6.45) is 0. The van der Waals surface area contributed by atoms with E-state index < -0.39 is 0 Å². The van der Waals surface area contributed by atoms with Crippen LogP contribution in [-0.2, 0) is 17.9 Å². The van der Waals surface area contributed by atoms with Gasteiger partial charge in [-0.05, 0) is 71.4 Å². The first-order chi connectivity index (χ1) is 16.0. The van der Waals surface area contributed by atoms with Crippen molar-refractivity contribution in [1.82, 2.24) is 14.8 Å². The lowest BCUT2D eigenvalue weighted by atomic mass is 10.1. The Labute approximate surface area is 205 Å². The molecule has 33 heavy (non-hydrogen) atoms. The highest BCUT2D eigenvalue weighted by atomic mass is 79.9. The summed E-state index contributed by atoms with van der Waals surface area (Å²) < 4.78 is 8.93. The first kappa shape index (κ1) is 23.3. The molecule has 1 N–H and O–H groups in total. The van der Waals surface area contributed by atoms with Gasteiger partial charge in [-0.25, -0.2) is 0 Å². The molecule has 0 saturated heterocycles. The van der Waals surface area contributed by atoms with E-state index in [0.717, 1.165) is 38.1 Å². The summed E-state index contributed by atoms with van der Waals surface area (Å²) in [4.78, 5) is 12.5. The molecule has 0 spiro atoms. The van der Waals surface area contributed by atoms with Gasteiger partial charge in [0.1, 0.15) is 12.4 Å². The summed E-state index contributed by atoms with van der Waals surface area (Å²) in [6.45, 7) is 7.09. The van der Waals surface area contributed by atoms with Gasteiger partial charge in [0.15, 0.2) is 11.0 Å². The number of benzene rings is 3. The number of nitrogens with zero attached hydrogens (tertiary/aromatic N) is 3. The molecule has 1 amide bonds. The maximum Gasteiger partial charge on any atom is 0.234 e. The number of thioether (sulfide) groups is 1. The molecule has 1 aromatic heterocycles. The molecular weight excluding hydrogens is 500 g/mol. The molecule has 6 nitrogen and oxygen atoms in total. The number of halogens is 1. The highest BCUT2D eigenvalue weighted by molar-refractivity contribution is 9.10. The number of carbonyl (C=O) groups excluding carboxylic acids is 1. The molecule has 0 bridgehead atoms. The van der Waals surface area contributed by atoms with E-state index in [2.05, 4.69) is 43.6 Å². The van der Waals surface area contributed by atoms with E-state index in [1.54, 1.807) is 0 Å². The number of rotatable bonds is 8. The molecule has 0 aliphatic rings. The maximum atomic E-state index is 12.5. The van der Waals surface area contributed by atoms with Gasteiger partial charge in [-0.1, -0.05) is 48.2 Å². The molecule has 0 unspecified atom stereocenters. The number of carbonyl (C=O) groups is 1. The molecule has 0 aliphatic carbocycles. The standard InChI is InChI=1S/C25H25BrN4O2S/c1-4-30-23(14-32-22-11-7-9-18-8-5-6-10-19(18)22)28-29-25(30)33-15-24(31)27-21-13-17(3)16(2)12-20(21)26/h5-13H,4,14-15H2,1-3H3,(H,27,31). The summed E-state index contributed by atoms with van der Waals surface area (Å²) in [5.41, 5.74) is 3.07. The number of nitrogens with one attached hydrogen (secondary N) is 1. The average molecular weight is 525 g/mol. The van der Waals surface area contributed by atoms with Crippen molar-refractivity contribution in [1.29, 1.82) is 0 Å². The fraction of sp³-hybridized carbons (Fsp3) is 0.240. The lowest BCUT2D eigenvalue weighted by Crippen LogP contribution is -2.15. The number of ether oxygens (including phenoxy) is 1. The minimum Gasteiger partial charge on any atom is -0.485 e. The van der Waals surface area contributed by atoms with Gasteiger partial charge in [0.2, 0.25) is 5.91 Å². The van der Waals surface area contributed by atoms with E-state index in [-0.39, 0.29) is 11.7 Å². The Hall–Kier alpha value is -2.84. The summed E-state index contributed by atoms with van der Waals surface area (Å²) in [7, 11) is 0. The monoisotopic (exact) mass is 524 g/mol. The number of anilines is 1. The zero-order chi connectivity index (χ0) is 23.4. The molecule has 0 atom stereocenters. The van der Waals surface area contributed by atoms with Crippen molar-refractivity contribution in [3.05, 3.63) is 76.0 Å². The molecule has 0 fully saturated rings. The second-order valence-electron chi connectivity index (χ2n) is 7.66. The molecular formula is C25H25BrN4O2S. The van der Waals surface area contributed by atoms with E-state index in [1.165, 1.54) is 17.3 Å². The Morgan fingerprint density at radius 1 is 1.09 bits per heavy atom. The second kappa shape index (κ2) is 10.4. The van der Waals surface area contributed by atoms with Crippen molar-refractivity contribution in [3.63, 3.8) is 0 Å². The fourth-order valence-corrected chi connectivity index (χ4v) is 4.89. The average Bonchev–Trinajstić information content (AvgIpc) is 3.21. The Morgan fingerprint density at radius 2 is 1.85 bits per heavy atom. The quantitative estimate of drug-likeness (QED) is 0.280. The molecule has 0 saturated carbocycles.